The van der Waals surface area contributed by atoms with E-state index >= 15 is 0 Å². The molecule has 2 aliphatic rings. The SMILES string of the molecule is CN=C(NCCCOCC1CCOCC1)NCC1CCCO1.I. The van der Waals surface area contributed by atoms with Gasteiger partial charge in [0.25, 0.3) is 0 Å². The highest BCUT2D eigenvalue weighted by molar-refractivity contribution is 14.0. The minimum atomic E-state index is 0. The van der Waals surface area contributed by atoms with Crippen LogP contribution >= 0.6 is 24.0 Å². The van der Waals surface area contributed by atoms with Gasteiger partial charge in [-0.25, -0.2) is 0 Å². The van der Waals surface area contributed by atoms with E-state index in [2.05, 4.69) is 15.6 Å². The lowest BCUT2D eigenvalue weighted by molar-refractivity contribution is 0.0203. The molecule has 0 saturated carbocycles. The fourth-order valence-corrected chi connectivity index (χ4v) is 2.78. The second kappa shape index (κ2) is 13.2. The predicted molar refractivity (Wildman–Crippen MR) is 103 cm³/mol. The van der Waals surface area contributed by atoms with Gasteiger partial charge in [0, 0.05) is 53.2 Å². The van der Waals surface area contributed by atoms with Crippen molar-refractivity contribution in [3.05, 3.63) is 0 Å². The molecule has 0 aliphatic carbocycles. The van der Waals surface area contributed by atoms with Crippen LogP contribution in [0.2, 0.25) is 0 Å². The molecule has 0 aromatic carbocycles. The maximum absolute atomic E-state index is 5.75. The molecular weight excluding hydrogens is 409 g/mol. The Bertz CT molecular complexity index is 320. The van der Waals surface area contributed by atoms with Crippen molar-refractivity contribution < 1.29 is 14.2 Å². The van der Waals surface area contributed by atoms with Crippen molar-refractivity contribution in [1.29, 1.82) is 0 Å². The van der Waals surface area contributed by atoms with Crippen LogP contribution < -0.4 is 10.6 Å². The molecule has 1 atom stereocenters. The number of ether oxygens (including phenoxy) is 3. The molecule has 2 rings (SSSR count). The molecule has 0 spiro atoms. The monoisotopic (exact) mass is 441 g/mol. The van der Waals surface area contributed by atoms with Crippen molar-refractivity contribution in [2.24, 2.45) is 10.9 Å². The number of halogens is 1. The van der Waals surface area contributed by atoms with E-state index in [1.54, 1.807) is 7.05 Å². The summed E-state index contributed by atoms with van der Waals surface area (Å²) in [4.78, 5) is 4.22. The van der Waals surface area contributed by atoms with Crippen LogP contribution in [0.4, 0.5) is 0 Å². The van der Waals surface area contributed by atoms with Crippen molar-refractivity contribution in [2.45, 2.75) is 38.2 Å². The molecule has 0 radical (unpaired) electrons. The third-order valence-corrected chi connectivity index (χ3v) is 4.20. The van der Waals surface area contributed by atoms with Crippen LogP contribution in [-0.2, 0) is 14.2 Å². The summed E-state index contributed by atoms with van der Waals surface area (Å²) in [6.07, 6.45) is 5.91. The summed E-state index contributed by atoms with van der Waals surface area (Å²) in [5.74, 6) is 1.53. The van der Waals surface area contributed by atoms with E-state index in [1.165, 1.54) is 6.42 Å². The van der Waals surface area contributed by atoms with Gasteiger partial charge in [0.1, 0.15) is 0 Å². The minimum Gasteiger partial charge on any atom is -0.381 e. The Hall–Kier alpha value is -0.120. The maximum atomic E-state index is 5.75. The summed E-state index contributed by atoms with van der Waals surface area (Å²) in [7, 11) is 1.80. The summed E-state index contributed by atoms with van der Waals surface area (Å²) < 4.78 is 16.7. The highest BCUT2D eigenvalue weighted by Crippen LogP contribution is 2.14. The van der Waals surface area contributed by atoms with Gasteiger partial charge in [-0.3, -0.25) is 4.99 Å². The van der Waals surface area contributed by atoms with Gasteiger partial charge in [0.2, 0.25) is 0 Å². The van der Waals surface area contributed by atoms with Gasteiger partial charge in [-0.2, -0.15) is 0 Å². The molecule has 2 fully saturated rings. The van der Waals surface area contributed by atoms with Crippen molar-refractivity contribution >= 4 is 29.9 Å². The molecule has 136 valence electrons. The van der Waals surface area contributed by atoms with Crippen LogP contribution in [-0.4, -0.2) is 65.2 Å². The van der Waals surface area contributed by atoms with Crippen LogP contribution in [0.5, 0.6) is 0 Å². The van der Waals surface area contributed by atoms with Gasteiger partial charge in [0.05, 0.1) is 6.10 Å². The first-order chi connectivity index (χ1) is 10.9. The first-order valence-electron chi connectivity index (χ1n) is 8.60. The first-order valence-corrected chi connectivity index (χ1v) is 8.60. The summed E-state index contributed by atoms with van der Waals surface area (Å²) >= 11 is 0. The molecule has 7 heteroatoms. The van der Waals surface area contributed by atoms with Gasteiger partial charge < -0.3 is 24.8 Å². The van der Waals surface area contributed by atoms with E-state index in [-0.39, 0.29) is 24.0 Å². The Morgan fingerprint density at radius 2 is 2.00 bits per heavy atom. The van der Waals surface area contributed by atoms with Gasteiger partial charge in [-0.05, 0) is 38.0 Å². The van der Waals surface area contributed by atoms with E-state index < -0.39 is 0 Å². The Labute approximate surface area is 157 Å². The molecule has 0 amide bonds. The third-order valence-electron chi connectivity index (χ3n) is 4.20. The Morgan fingerprint density at radius 1 is 1.17 bits per heavy atom. The molecule has 23 heavy (non-hydrogen) atoms. The number of hydrogen-bond donors (Lipinski definition) is 2. The van der Waals surface area contributed by atoms with E-state index in [4.69, 9.17) is 14.2 Å². The molecule has 2 heterocycles. The Balaban J connectivity index is 0.00000264. The number of rotatable bonds is 8. The van der Waals surface area contributed by atoms with E-state index in [0.29, 0.717) is 12.0 Å². The average molecular weight is 441 g/mol. The lowest BCUT2D eigenvalue weighted by Gasteiger charge is -2.21. The van der Waals surface area contributed by atoms with E-state index in [1.807, 2.05) is 0 Å². The smallest absolute Gasteiger partial charge is 0.191 e. The molecule has 2 N–H and O–H groups in total. The van der Waals surface area contributed by atoms with E-state index in [9.17, 15) is 0 Å². The van der Waals surface area contributed by atoms with Gasteiger partial charge in [-0.1, -0.05) is 0 Å². The standard InChI is InChI=1S/C16H31N3O3.HI/c1-17-16(19-12-15-4-2-9-22-15)18-7-3-8-21-13-14-5-10-20-11-6-14;/h14-15H,2-13H2,1H3,(H2,17,18,19);1H. The van der Waals surface area contributed by atoms with Crippen molar-refractivity contribution in [2.75, 3.05) is 53.2 Å². The van der Waals surface area contributed by atoms with Crippen LogP contribution in [0.25, 0.3) is 0 Å². The fraction of sp³-hybridized carbons (Fsp3) is 0.938. The molecule has 1 unspecified atom stereocenters. The molecule has 0 bridgehead atoms. The van der Waals surface area contributed by atoms with Crippen LogP contribution in [0, 0.1) is 5.92 Å². The summed E-state index contributed by atoms with van der Waals surface area (Å²) in [5, 5.41) is 6.63. The fourth-order valence-electron chi connectivity index (χ4n) is 2.78. The third kappa shape index (κ3) is 9.07. The van der Waals surface area contributed by atoms with Crippen molar-refractivity contribution in [3.8, 4) is 0 Å². The zero-order valence-electron chi connectivity index (χ0n) is 14.2. The molecule has 2 aliphatic heterocycles. The second-order valence-corrected chi connectivity index (χ2v) is 6.00. The molecule has 6 nitrogen and oxygen atoms in total. The molecule has 0 aromatic heterocycles. The minimum absolute atomic E-state index is 0. The zero-order chi connectivity index (χ0) is 15.5. The molecule has 2 saturated heterocycles. The number of guanidine groups is 1. The highest BCUT2D eigenvalue weighted by Gasteiger charge is 2.15. The van der Waals surface area contributed by atoms with E-state index in [0.717, 1.165) is 77.8 Å². The lowest BCUT2D eigenvalue weighted by Crippen LogP contribution is -2.41. The summed E-state index contributed by atoms with van der Waals surface area (Å²) in [6, 6.07) is 0. The van der Waals surface area contributed by atoms with Gasteiger partial charge >= 0.3 is 0 Å². The number of nitrogens with one attached hydrogen (secondary N) is 2. The van der Waals surface area contributed by atoms with Crippen LogP contribution in [0.15, 0.2) is 4.99 Å². The van der Waals surface area contributed by atoms with Gasteiger partial charge in [0.15, 0.2) is 5.96 Å². The number of aliphatic imine (C=N–C) groups is 1. The topological polar surface area (TPSA) is 64.1 Å². The average Bonchev–Trinajstić information content (AvgIpc) is 3.08. The van der Waals surface area contributed by atoms with Gasteiger partial charge in [-0.15, -0.1) is 24.0 Å². The Morgan fingerprint density at radius 3 is 2.70 bits per heavy atom. The summed E-state index contributed by atoms with van der Waals surface area (Å²) in [5.41, 5.74) is 0. The first kappa shape index (κ1) is 20.9. The number of nitrogens with zero attached hydrogens (tertiary/aromatic N) is 1. The second-order valence-electron chi connectivity index (χ2n) is 6.00. The lowest BCUT2D eigenvalue weighted by atomic mass is 10.0. The van der Waals surface area contributed by atoms with Crippen molar-refractivity contribution in [3.63, 3.8) is 0 Å². The maximum Gasteiger partial charge on any atom is 0.191 e. The molecular formula is C16H32IN3O3. The van der Waals surface area contributed by atoms with Crippen molar-refractivity contribution in [1.82, 2.24) is 10.6 Å². The molecule has 0 aromatic rings. The van der Waals surface area contributed by atoms with Crippen LogP contribution in [0.1, 0.15) is 32.1 Å². The summed E-state index contributed by atoms with van der Waals surface area (Å²) in [6.45, 7) is 6.05. The highest BCUT2D eigenvalue weighted by atomic mass is 127. The predicted octanol–water partition coefficient (Wildman–Crippen LogP) is 1.78. The normalized spacial score (nSPS) is 22.7. The zero-order valence-corrected chi connectivity index (χ0v) is 16.6. The number of hydrogen-bond acceptors (Lipinski definition) is 4. The Kier molecular flexibility index (Phi) is 12.0. The van der Waals surface area contributed by atoms with Crippen LogP contribution in [0.3, 0.4) is 0 Å². The quantitative estimate of drug-likeness (QED) is 0.260. The largest absolute Gasteiger partial charge is 0.381 e.